The molecule has 0 bridgehead atoms. The lowest BCUT2D eigenvalue weighted by Crippen LogP contribution is -2.41. The second-order valence-corrected chi connectivity index (χ2v) is 9.97. The van der Waals surface area contributed by atoms with Crippen LogP contribution in [0.1, 0.15) is 31.8 Å². The Morgan fingerprint density at radius 2 is 0.854 bits per heavy atom. The van der Waals surface area contributed by atoms with Gasteiger partial charge >= 0.3 is 0 Å². The summed E-state index contributed by atoms with van der Waals surface area (Å²) in [6, 6.07) is 27.0. The topological polar surface area (TPSA) is 203 Å². The van der Waals surface area contributed by atoms with E-state index in [4.69, 9.17) is 0 Å². The van der Waals surface area contributed by atoms with Gasteiger partial charge < -0.3 is 21.3 Å². The second-order valence-electron chi connectivity index (χ2n) is 9.97. The second kappa shape index (κ2) is 16.4. The Hall–Kier alpha value is -6.96. The van der Waals surface area contributed by atoms with E-state index in [2.05, 4.69) is 21.3 Å². The van der Waals surface area contributed by atoms with Crippen LogP contribution in [0.2, 0.25) is 0 Å². The molecule has 48 heavy (non-hydrogen) atoms. The van der Waals surface area contributed by atoms with Gasteiger partial charge in [0.15, 0.2) is 0 Å². The summed E-state index contributed by atoms with van der Waals surface area (Å²) in [5, 5.41) is 32.3. The van der Waals surface area contributed by atoms with Gasteiger partial charge in [-0.25, -0.2) is 0 Å². The van der Waals surface area contributed by atoms with Crippen molar-refractivity contribution < 1.29 is 29.0 Å². The van der Waals surface area contributed by atoms with Gasteiger partial charge in [0.1, 0.15) is 11.4 Å². The average molecular weight is 649 g/mol. The third-order valence-corrected chi connectivity index (χ3v) is 6.58. The summed E-state index contributed by atoms with van der Waals surface area (Å²) in [4.78, 5) is 72.9. The fourth-order valence-corrected chi connectivity index (χ4v) is 4.15. The van der Waals surface area contributed by atoms with E-state index in [9.17, 15) is 39.4 Å². The Bertz CT molecular complexity index is 1740. The van der Waals surface area contributed by atoms with Crippen molar-refractivity contribution in [3.63, 3.8) is 0 Å². The van der Waals surface area contributed by atoms with E-state index >= 15 is 0 Å². The van der Waals surface area contributed by atoms with Crippen molar-refractivity contribution in [3.8, 4) is 0 Å². The van der Waals surface area contributed by atoms with E-state index in [0.29, 0.717) is 11.1 Å². The number of nitro groups is 2. The van der Waals surface area contributed by atoms with Crippen LogP contribution in [-0.4, -0.2) is 46.6 Å². The number of carbonyl (C=O) groups is 4. The number of hydrogen-bond acceptors (Lipinski definition) is 8. The Balaban J connectivity index is 1.45. The third-order valence-electron chi connectivity index (χ3n) is 6.58. The highest BCUT2D eigenvalue weighted by atomic mass is 16.6. The summed E-state index contributed by atoms with van der Waals surface area (Å²) < 4.78 is 0. The molecule has 4 N–H and O–H groups in total. The normalized spacial score (nSPS) is 11.2. The van der Waals surface area contributed by atoms with Crippen molar-refractivity contribution >= 4 is 47.2 Å². The molecule has 4 aromatic rings. The highest BCUT2D eigenvalue weighted by Gasteiger charge is 2.17. The molecule has 0 aliphatic rings. The van der Waals surface area contributed by atoms with Crippen LogP contribution in [0.25, 0.3) is 12.2 Å². The minimum Gasteiger partial charge on any atom is -0.349 e. The summed E-state index contributed by atoms with van der Waals surface area (Å²) >= 11 is 0. The van der Waals surface area contributed by atoms with Crippen LogP contribution in [-0.2, 0) is 9.59 Å². The first-order valence-corrected chi connectivity index (χ1v) is 14.3. The fraction of sp³-hybridized carbons (Fsp3) is 0.0588. The Morgan fingerprint density at radius 3 is 1.17 bits per heavy atom. The van der Waals surface area contributed by atoms with Gasteiger partial charge in [0, 0.05) is 48.5 Å². The number of benzene rings is 4. The molecule has 242 valence electrons. The zero-order valence-corrected chi connectivity index (χ0v) is 25.1. The van der Waals surface area contributed by atoms with E-state index in [0.717, 1.165) is 0 Å². The molecule has 14 nitrogen and oxygen atoms in total. The van der Waals surface area contributed by atoms with Gasteiger partial charge in [-0.15, -0.1) is 0 Å². The molecule has 0 radical (unpaired) electrons. The number of non-ortho nitro benzene ring substituents is 2. The Kier molecular flexibility index (Phi) is 11.6. The molecule has 0 unspecified atom stereocenters. The largest absolute Gasteiger partial charge is 0.349 e. The molecule has 4 rings (SSSR count). The number of amides is 4. The number of nitro benzene ring substituents is 2. The first-order valence-electron chi connectivity index (χ1n) is 14.3. The number of carbonyl (C=O) groups excluding carboxylic acids is 4. The smallest absolute Gasteiger partial charge is 0.269 e. The zero-order valence-electron chi connectivity index (χ0n) is 25.1. The molecular weight excluding hydrogens is 620 g/mol. The maximum absolute atomic E-state index is 13.2. The minimum atomic E-state index is -0.703. The molecule has 0 heterocycles. The molecule has 0 aromatic heterocycles. The van der Waals surface area contributed by atoms with Crippen LogP contribution >= 0.6 is 0 Å². The van der Waals surface area contributed by atoms with Crippen molar-refractivity contribution in [2.45, 2.75) is 0 Å². The molecule has 0 fully saturated rings. The van der Waals surface area contributed by atoms with E-state index in [1.54, 1.807) is 60.7 Å². The third kappa shape index (κ3) is 9.77. The molecule has 0 saturated heterocycles. The SMILES string of the molecule is O=C(NCCNC(=O)/C(=C\c1ccc([N+](=O)[O-])cc1)NC(=O)c1ccccc1)/C(=C\c1ccc([N+](=O)[O-])cc1)NC(=O)c1ccccc1. The Morgan fingerprint density at radius 1 is 0.521 bits per heavy atom. The molecular formula is C34H28N6O8. The van der Waals surface area contributed by atoms with Crippen LogP contribution in [0.4, 0.5) is 11.4 Å². The predicted octanol–water partition coefficient (Wildman–Crippen LogP) is 3.98. The number of hydrogen-bond donors (Lipinski definition) is 4. The van der Waals surface area contributed by atoms with Crippen LogP contribution in [0.3, 0.4) is 0 Å². The highest BCUT2D eigenvalue weighted by molar-refractivity contribution is 6.06. The average Bonchev–Trinajstić information content (AvgIpc) is 3.10. The van der Waals surface area contributed by atoms with Crippen molar-refractivity contribution in [1.29, 1.82) is 0 Å². The maximum Gasteiger partial charge on any atom is 0.269 e. The van der Waals surface area contributed by atoms with E-state index in [1.807, 2.05) is 0 Å². The lowest BCUT2D eigenvalue weighted by Gasteiger charge is -2.13. The monoisotopic (exact) mass is 648 g/mol. The summed E-state index contributed by atoms with van der Waals surface area (Å²) in [6.07, 6.45) is 2.70. The molecule has 0 aliphatic carbocycles. The number of nitrogens with one attached hydrogen (secondary N) is 4. The van der Waals surface area contributed by atoms with E-state index < -0.39 is 33.5 Å². The molecule has 4 aromatic carbocycles. The van der Waals surface area contributed by atoms with Crippen molar-refractivity contribution in [2.24, 2.45) is 0 Å². The summed E-state index contributed by atoms with van der Waals surface area (Å²) in [6.45, 7) is -0.193. The van der Waals surface area contributed by atoms with Gasteiger partial charge in [0.25, 0.3) is 35.0 Å². The van der Waals surface area contributed by atoms with Gasteiger partial charge in [-0.05, 0) is 71.8 Å². The van der Waals surface area contributed by atoms with Crippen molar-refractivity contribution in [2.75, 3.05) is 13.1 Å². The number of nitrogens with zero attached hydrogens (tertiary/aromatic N) is 2. The molecule has 0 atom stereocenters. The minimum absolute atomic E-state index is 0.0964. The maximum atomic E-state index is 13.2. The lowest BCUT2D eigenvalue weighted by atomic mass is 10.1. The molecule has 14 heteroatoms. The summed E-state index contributed by atoms with van der Waals surface area (Å²) in [5.74, 6) is -2.54. The molecule has 4 amide bonds. The van der Waals surface area contributed by atoms with Gasteiger partial charge in [0.05, 0.1) is 9.85 Å². The quantitative estimate of drug-likeness (QED) is 0.0721. The van der Waals surface area contributed by atoms with Crippen molar-refractivity contribution in [1.82, 2.24) is 21.3 Å². The van der Waals surface area contributed by atoms with E-state index in [1.165, 1.54) is 60.7 Å². The van der Waals surface area contributed by atoms with Crippen molar-refractivity contribution in [3.05, 3.63) is 163 Å². The van der Waals surface area contributed by atoms with Gasteiger partial charge in [-0.3, -0.25) is 39.4 Å². The van der Waals surface area contributed by atoms with Gasteiger partial charge in [0.2, 0.25) is 0 Å². The standard InChI is InChI=1S/C34H28N6O8/c41-31(25-7-3-1-4-8-25)37-29(21-23-11-15-27(16-12-23)39(45)46)33(43)35-19-20-36-34(44)30(38-32(42)26-9-5-2-6-10-26)22-24-13-17-28(18-14-24)40(47)48/h1-18,21-22H,19-20H2,(H,35,43)(H,36,44)(H,37,41)(H,38,42)/b29-21+,30-22+. The Labute approximate surface area is 273 Å². The van der Waals surface area contributed by atoms with Crippen LogP contribution in [0, 0.1) is 20.2 Å². The fourth-order valence-electron chi connectivity index (χ4n) is 4.15. The first-order chi connectivity index (χ1) is 23.1. The molecule has 0 aliphatic heterocycles. The lowest BCUT2D eigenvalue weighted by molar-refractivity contribution is -0.385. The first kappa shape index (κ1) is 33.9. The summed E-state index contributed by atoms with van der Waals surface area (Å²) in [7, 11) is 0. The van der Waals surface area contributed by atoms with Crippen LogP contribution < -0.4 is 21.3 Å². The van der Waals surface area contributed by atoms with Gasteiger partial charge in [-0.1, -0.05) is 36.4 Å². The number of rotatable bonds is 13. The van der Waals surface area contributed by atoms with E-state index in [-0.39, 0.29) is 47.0 Å². The van der Waals surface area contributed by atoms with Gasteiger partial charge in [-0.2, -0.15) is 0 Å². The predicted molar refractivity (Wildman–Crippen MR) is 176 cm³/mol. The molecule has 0 spiro atoms. The zero-order chi connectivity index (χ0) is 34.5. The molecule has 0 saturated carbocycles. The van der Waals surface area contributed by atoms with Crippen LogP contribution in [0.15, 0.2) is 121 Å². The highest BCUT2D eigenvalue weighted by Crippen LogP contribution is 2.16. The summed E-state index contributed by atoms with van der Waals surface area (Å²) in [5.41, 5.74) is 0.781. The van der Waals surface area contributed by atoms with Crippen LogP contribution in [0.5, 0.6) is 0 Å².